The van der Waals surface area contributed by atoms with E-state index in [2.05, 4.69) is 9.80 Å². The standard InChI is InChI=1S/C27H28Cl2F3N3O2/c1-33-20(10-16-2-4-19(13-24(16)33)27(30,31)32)14-22-23(28)5-3-17(25(22)29)15-34-6-8-35(9-7-34)21-11-18(12-21)26(36)37/h2-5,10,13,18,21H,6-9,11-12,14-15H2,1H3,(H,36,37). The monoisotopic (exact) mass is 553 g/mol. The number of carbonyl (C=O) groups is 1. The Hall–Kier alpha value is -2.26. The minimum Gasteiger partial charge on any atom is -0.481 e. The summed E-state index contributed by atoms with van der Waals surface area (Å²) in [5.74, 6) is -0.902. The van der Waals surface area contributed by atoms with Crippen LogP contribution in [0.3, 0.4) is 0 Å². The molecule has 1 aliphatic carbocycles. The summed E-state index contributed by atoms with van der Waals surface area (Å²) in [4.78, 5) is 15.8. The van der Waals surface area contributed by atoms with Crippen molar-refractivity contribution in [2.45, 2.75) is 38.0 Å². The highest BCUT2D eigenvalue weighted by Gasteiger charge is 2.38. The molecule has 0 radical (unpaired) electrons. The van der Waals surface area contributed by atoms with Gasteiger partial charge in [-0.05, 0) is 53.6 Å². The van der Waals surface area contributed by atoms with E-state index in [1.807, 2.05) is 18.2 Å². The predicted octanol–water partition coefficient (Wildman–Crippen LogP) is 6.08. The topological polar surface area (TPSA) is 48.7 Å². The number of fused-ring (bicyclic) bond motifs is 1. The number of piperazine rings is 1. The number of rotatable bonds is 6. The van der Waals surface area contributed by atoms with Crippen LogP contribution in [0.2, 0.25) is 10.0 Å². The molecule has 1 N–H and O–H groups in total. The van der Waals surface area contributed by atoms with Gasteiger partial charge in [-0.25, -0.2) is 0 Å². The summed E-state index contributed by atoms with van der Waals surface area (Å²) in [5, 5.41) is 11.0. The van der Waals surface area contributed by atoms with Crippen molar-refractivity contribution < 1.29 is 23.1 Å². The van der Waals surface area contributed by atoms with E-state index in [4.69, 9.17) is 28.3 Å². The molecule has 10 heteroatoms. The van der Waals surface area contributed by atoms with Crippen LogP contribution in [0.15, 0.2) is 36.4 Å². The number of carboxylic acids is 1. The first-order valence-corrected chi connectivity index (χ1v) is 13.1. The first-order chi connectivity index (χ1) is 17.5. The van der Waals surface area contributed by atoms with Crippen LogP contribution in [0.25, 0.3) is 10.9 Å². The summed E-state index contributed by atoms with van der Waals surface area (Å²) < 4.78 is 41.4. The molecule has 5 rings (SSSR count). The molecule has 0 spiro atoms. The summed E-state index contributed by atoms with van der Waals surface area (Å²) in [6.07, 6.45) is -2.54. The number of hydrogen-bond acceptors (Lipinski definition) is 3. The van der Waals surface area contributed by atoms with Crippen molar-refractivity contribution in [2.75, 3.05) is 26.2 Å². The number of aliphatic carboxylic acids is 1. The second-order valence-corrected chi connectivity index (χ2v) is 10.9. The van der Waals surface area contributed by atoms with E-state index in [0.29, 0.717) is 34.6 Å². The highest BCUT2D eigenvalue weighted by molar-refractivity contribution is 6.36. The van der Waals surface area contributed by atoms with Gasteiger partial charge in [0, 0.05) is 68.5 Å². The number of aromatic nitrogens is 1. The van der Waals surface area contributed by atoms with E-state index in [-0.39, 0.29) is 5.92 Å². The Kier molecular flexibility index (Phi) is 7.22. The largest absolute Gasteiger partial charge is 0.481 e. The van der Waals surface area contributed by atoms with Crippen LogP contribution in [0.5, 0.6) is 0 Å². The lowest BCUT2D eigenvalue weighted by molar-refractivity contribution is -0.147. The van der Waals surface area contributed by atoms with Gasteiger partial charge in [0.05, 0.1) is 16.5 Å². The third-order valence-electron chi connectivity index (χ3n) is 7.88. The highest BCUT2D eigenvalue weighted by Crippen LogP contribution is 2.36. The van der Waals surface area contributed by atoms with E-state index in [1.54, 1.807) is 11.6 Å². The third-order valence-corrected chi connectivity index (χ3v) is 8.70. The minimum atomic E-state index is -4.40. The van der Waals surface area contributed by atoms with E-state index >= 15 is 0 Å². The molecular weight excluding hydrogens is 526 g/mol. The van der Waals surface area contributed by atoms with Crippen LogP contribution in [-0.2, 0) is 31.0 Å². The van der Waals surface area contributed by atoms with Crippen molar-refractivity contribution >= 4 is 40.1 Å². The second kappa shape index (κ2) is 10.1. The average Bonchev–Trinajstić information content (AvgIpc) is 3.12. The van der Waals surface area contributed by atoms with Crippen molar-refractivity contribution in [3.63, 3.8) is 0 Å². The van der Waals surface area contributed by atoms with Crippen molar-refractivity contribution in [1.29, 1.82) is 0 Å². The molecule has 2 fully saturated rings. The molecule has 5 nitrogen and oxygen atoms in total. The second-order valence-electron chi connectivity index (χ2n) is 10.1. The Morgan fingerprint density at radius 1 is 1.05 bits per heavy atom. The summed E-state index contributed by atoms with van der Waals surface area (Å²) in [7, 11) is 1.75. The van der Waals surface area contributed by atoms with Crippen LogP contribution >= 0.6 is 23.2 Å². The number of alkyl halides is 3. The Morgan fingerprint density at radius 3 is 2.41 bits per heavy atom. The van der Waals surface area contributed by atoms with Gasteiger partial charge in [0.15, 0.2) is 0 Å². The number of halogens is 5. The molecule has 37 heavy (non-hydrogen) atoms. The first-order valence-electron chi connectivity index (χ1n) is 12.3. The van der Waals surface area contributed by atoms with E-state index < -0.39 is 17.7 Å². The molecule has 0 unspecified atom stereocenters. The van der Waals surface area contributed by atoms with Gasteiger partial charge >= 0.3 is 12.1 Å². The molecule has 0 bridgehead atoms. The fourth-order valence-corrected chi connectivity index (χ4v) is 6.02. The van der Waals surface area contributed by atoms with Crippen molar-refractivity contribution in [3.8, 4) is 0 Å². The van der Waals surface area contributed by atoms with Gasteiger partial charge in [0.25, 0.3) is 0 Å². The third kappa shape index (κ3) is 5.35. The zero-order chi connectivity index (χ0) is 26.5. The fraction of sp³-hybridized carbons (Fsp3) is 0.444. The lowest BCUT2D eigenvalue weighted by Gasteiger charge is -2.45. The normalized spacial score (nSPS) is 21.4. The summed E-state index contributed by atoms with van der Waals surface area (Å²) in [6.45, 7) is 4.19. The smallest absolute Gasteiger partial charge is 0.416 e. The van der Waals surface area contributed by atoms with Crippen LogP contribution in [0.4, 0.5) is 13.2 Å². The van der Waals surface area contributed by atoms with Crippen molar-refractivity contribution in [1.82, 2.24) is 14.4 Å². The molecule has 2 aliphatic rings. The lowest BCUT2D eigenvalue weighted by atomic mass is 9.79. The van der Waals surface area contributed by atoms with Gasteiger partial charge in [-0.15, -0.1) is 0 Å². The molecule has 2 heterocycles. The Balaban J connectivity index is 1.28. The summed E-state index contributed by atoms with van der Waals surface area (Å²) >= 11 is 13.4. The molecule has 198 valence electrons. The van der Waals surface area contributed by atoms with Gasteiger partial charge in [0.1, 0.15) is 0 Å². The molecule has 1 saturated heterocycles. The summed E-state index contributed by atoms with van der Waals surface area (Å²) in [6, 6.07) is 9.77. The zero-order valence-corrected chi connectivity index (χ0v) is 21.9. The Morgan fingerprint density at radius 2 is 1.76 bits per heavy atom. The molecule has 2 aromatic carbocycles. The molecule has 1 aliphatic heterocycles. The maximum Gasteiger partial charge on any atom is 0.416 e. The van der Waals surface area contributed by atoms with Gasteiger partial charge in [-0.3, -0.25) is 14.6 Å². The van der Waals surface area contributed by atoms with Crippen molar-refractivity contribution in [2.24, 2.45) is 13.0 Å². The molecular formula is C27H28Cl2F3N3O2. The van der Waals surface area contributed by atoms with Gasteiger partial charge < -0.3 is 9.67 Å². The molecule has 0 atom stereocenters. The number of nitrogens with zero attached hydrogens (tertiary/aromatic N) is 3. The first kappa shape index (κ1) is 26.4. The predicted molar refractivity (Wildman–Crippen MR) is 138 cm³/mol. The van der Waals surface area contributed by atoms with Gasteiger partial charge in [-0.2, -0.15) is 13.2 Å². The SMILES string of the molecule is Cn1c(Cc2c(Cl)ccc(CN3CCN(C4CC(C(=O)O)C4)CC3)c2Cl)cc2ccc(C(F)(F)F)cc21. The summed E-state index contributed by atoms with van der Waals surface area (Å²) in [5.41, 5.74) is 2.37. The fourth-order valence-electron chi connectivity index (χ4n) is 5.46. The average molecular weight is 554 g/mol. The maximum absolute atomic E-state index is 13.2. The lowest BCUT2D eigenvalue weighted by Crippen LogP contribution is -2.54. The Labute approximate surface area is 223 Å². The number of hydrogen-bond donors (Lipinski definition) is 1. The van der Waals surface area contributed by atoms with Crippen LogP contribution in [-0.4, -0.2) is 57.7 Å². The van der Waals surface area contributed by atoms with Crippen LogP contribution in [0.1, 0.15) is 35.2 Å². The van der Waals surface area contributed by atoms with E-state index in [1.165, 1.54) is 12.1 Å². The Bertz CT molecular complexity index is 1330. The molecule has 0 amide bonds. The van der Waals surface area contributed by atoms with Crippen LogP contribution in [0, 0.1) is 5.92 Å². The zero-order valence-electron chi connectivity index (χ0n) is 20.4. The number of benzene rings is 2. The quantitative estimate of drug-likeness (QED) is 0.402. The highest BCUT2D eigenvalue weighted by atomic mass is 35.5. The van der Waals surface area contributed by atoms with E-state index in [0.717, 1.165) is 67.3 Å². The minimum absolute atomic E-state index is 0.206. The molecule has 1 aromatic heterocycles. The van der Waals surface area contributed by atoms with Gasteiger partial charge in [0.2, 0.25) is 0 Å². The van der Waals surface area contributed by atoms with E-state index in [9.17, 15) is 18.0 Å². The number of carboxylic acid groups (broad SMARTS) is 1. The van der Waals surface area contributed by atoms with Crippen molar-refractivity contribution in [3.05, 3.63) is 68.8 Å². The number of aryl methyl sites for hydroxylation is 1. The van der Waals surface area contributed by atoms with Crippen LogP contribution < -0.4 is 0 Å². The molecule has 3 aromatic rings. The maximum atomic E-state index is 13.2. The molecule has 1 saturated carbocycles. The van der Waals surface area contributed by atoms with Gasteiger partial charge in [-0.1, -0.05) is 35.3 Å².